The van der Waals surface area contributed by atoms with Crippen LogP contribution in [-0.2, 0) is 4.74 Å². The molecule has 2 atom stereocenters. The molecule has 0 aromatic carbocycles. The van der Waals surface area contributed by atoms with E-state index in [-0.39, 0.29) is 11.8 Å². The summed E-state index contributed by atoms with van der Waals surface area (Å²) >= 11 is 5.95. The van der Waals surface area contributed by atoms with E-state index in [1.807, 2.05) is 0 Å². The number of aromatic nitrogens is 2. The maximum Gasteiger partial charge on any atom is 0.301 e. The molecule has 0 radical (unpaired) electrons. The number of halogens is 1. The molecule has 17 heavy (non-hydrogen) atoms. The summed E-state index contributed by atoms with van der Waals surface area (Å²) in [6.07, 6.45) is 3.35. The summed E-state index contributed by atoms with van der Waals surface area (Å²) in [6.45, 7) is 2.08. The molecule has 1 saturated heterocycles. The minimum Gasteiger partial charge on any atom is -0.461 e. The van der Waals surface area contributed by atoms with Crippen molar-refractivity contribution in [2.24, 2.45) is 0 Å². The van der Waals surface area contributed by atoms with Crippen LogP contribution in [0.25, 0.3) is 0 Å². The van der Waals surface area contributed by atoms with Crippen LogP contribution in [0.4, 0.5) is 0 Å². The first-order valence-electron chi connectivity index (χ1n) is 5.60. The molecule has 3 heterocycles. The van der Waals surface area contributed by atoms with Crippen LogP contribution in [-0.4, -0.2) is 27.6 Å². The summed E-state index contributed by atoms with van der Waals surface area (Å²) in [5.41, 5.74) is -0.100. The Bertz CT molecular complexity index is 516. The zero-order valence-corrected chi connectivity index (χ0v) is 10.2. The molecule has 92 valence electrons. The van der Waals surface area contributed by atoms with Crippen LogP contribution in [0, 0.1) is 6.92 Å². The maximum atomic E-state index is 11.5. The van der Waals surface area contributed by atoms with Crippen molar-refractivity contribution in [1.82, 2.24) is 9.55 Å². The standard InChI is InChI=1S/C11H13ClN2O3/c1-7-4-14-8-2-3-11(5-12,17-8)6-16-10(14)13-9(7)15/h4,8H,2-3,5-6H2,1H3/t8-,11-/m1/s1. The van der Waals surface area contributed by atoms with Crippen LogP contribution in [0.2, 0.25) is 0 Å². The van der Waals surface area contributed by atoms with Crippen LogP contribution in [0.5, 0.6) is 6.01 Å². The van der Waals surface area contributed by atoms with E-state index in [1.54, 1.807) is 17.7 Å². The van der Waals surface area contributed by atoms with E-state index in [0.29, 0.717) is 24.1 Å². The Kier molecular flexibility index (Phi) is 2.41. The van der Waals surface area contributed by atoms with Gasteiger partial charge >= 0.3 is 6.01 Å². The molecule has 0 spiro atoms. The number of fused-ring (bicyclic) bond motifs is 4. The van der Waals surface area contributed by atoms with E-state index < -0.39 is 5.60 Å². The Labute approximate surface area is 103 Å². The fourth-order valence-electron chi connectivity index (χ4n) is 2.29. The van der Waals surface area contributed by atoms with Gasteiger partial charge in [0.1, 0.15) is 18.4 Å². The van der Waals surface area contributed by atoms with E-state index in [9.17, 15) is 4.79 Å². The minimum absolute atomic E-state index is 0.127. The highest BCUT2D eigenvalue weighted by Gasteiger charge is 2.44. The molecule has 0 unspecified atom stereocenters. The number of ether oxygens (including phenoxy) is 2. The molecule has 0 amide bonds. The Balaban J connectivity index is 2.08. The van der Waals surface area contributed by atoms with Gasteiger partial charge in [-0.15, -0.1) is 11.6 Å². The second kappa shape index (κ2) is 3.71. The zero-order chi connectivity index (χ0) is 12.0. The quantitative estimate of drug-likeness (QED) is 0.710. The monoisotopic (exact) mass is 256 g/mol. The third-order valence-electron chi connectivity index (χ3n) is 3.34. The number of hydrogen-bond donors (Lipinski definition) is 0. The van der Waals surface area contributed by atoms with Gasteiger partial charge in [0.25, 0.3) is 5.56 Å². The predicted molar refractivity (Wildman–Crippen MR) is 61.5 cm³/mol. The molecule has 0 aliphatic carbocycles. The highest BCUT2D eigenvalue weighted by atomic mass is 35.5. The van der Waals surface area contributed by atoms with Gasteiger partial charge in [-0.1, -0.05) is 0 Å². The largest absolute Gasteiger partial charge is 0.461 e. The highest BCUT2D eigenvalue weighted by molar-refractivity contribution is 6.18. The van der Waals surface area contributed by atoms with Crippen molar-refractivity contribution in [2.75, 3.05) is 12.5 Å². The fourth-order valence-corrected chi connectivity index (χ4v) is 2.57. The third kappa shape index (κ3) is 1.65. The third-order valence-corrected chi connectivity index (χ3v) is 3.83. The Hall–Kier alpha value is -1.07. The van der Waals surface area contributed by atoms with Crippen molar-refractivity contribution in [3.05, 3.63) is 22.1 Å². The summed E-state index contributed by atoms with van der Waals surface area (Å²) in [5, 5.41) is 0. The van der Waals surface area contributed by atoms with Crippen LogP contribution in [0.1, 0.15) is 24.6 Å². The Morgan fingerprint density at radius 3 is 3.29 bits per heavy atom. The molecule has 1 aromatic heterocycles. The summed E-state index contributed by atoms with van der Waals surface area (Å²) in [6, 6.07) is 0.331. The van der Waals surface area contributed by atoms with Crippen molar-refractivity contribution in [1.29, 1.82) is 0 Å². The molecule has 5 nitrogen and oxygen atoms in total. The first-order chi connectivity index (χ1) is 8.13. The highest BCUT2D eigenvalue weighted by Crippen LogP contribution is 2.41. The molecule has 2 aliphatic rings. The molecule has 2 aliphatic heterocycles. The summed E-state index contributed by atoms with van der Waals surface area (Å²) in [5.74, 6) is 0.390. The Morgan fingerprint density at radius 2 is 2.53 bits per heavy atom. The van der Waals surface area contributed by atoms with Crippen molar-refractivity contribution < 1.29 is 9.47 Å². The summed E-state index contributed by atoms with van der Waals surface area (Å²) in [4.78, 5) is 15.4. The van der Waals surface area contributed by atoms with Gasteiger partial charge < -0.3 is 9.47 Å². The Morgan fingerprint density at radius 1 is 1.71 bits per heavy atom. The van der Waals surface area contributed by atoms with Crippen molar-refractivity contribution in [3.8, 4) is 6.01 Å². The van der Waals surface area contributed by atoms with Crippen LogP contribution < -0.4 is 10.3 Å². The predicted octanol–water partition coefficient (Wildman–Crippen LogP) is 1.23. The second-order valence-corrected chi connectivity index (χ2v) is 4.90. The van der Waals surface area contributed by atoms with Gasteiger partial charge in [0.2, 0.25) is 0 Å². The number of nitrogens with zero attached hydrogens (tertiary/aromatic N) is 2. The van der Waals surface area contributed by atoms with Gasteiger partial charge in [-0.2, -0.15) is 4.98 Å². The molecular formula is C11H13ClN2O3. The van der Waals surface area contributed by atoms with Gasteiger partial charge in [-0.05, 0) is 19.8 Å². The second-order valence-electron chi connectivity index (χ2n) is 4.64. The number of alkyl halides is 1. The lowest BCUT2D eigenvalue weighted by Crippen LogP contribution is -2.36. The van der Waals surface area contributed by atoms with E-state index in [2.05, 4.69) is 4.98 Å². The number of rotatable bonds is 1. The molecule has 2 bridgehead atoms. The normalized spacial score (nSPS) is 30.6. The molecule has 1 fully saturated rings. The van der Waals surface area contributed by atoms with Crippen molar-refractivity contribution in [2.45, 2.75) is 31.6 Å². The van der Waals surface area contributed by atoms with Crippen molar-refractivity contribution >= 4 is 11.6 Å². The lowest BCUT2D eigenvalue weighted by Gasteiger charge is -2.23. The van der Waals surface area contributed by atoms with Gasteiger partial charge in [-0.3, -0.25) is 9.36 Å². The van der Waals surface area contributed by atoms with Gasteiger partial charge in [0, 0.05) is 11.8 Å². The van der Waals surface area contributed by atoms with E-state index >= 15 is 0 Å². The van der Waals surface area contributed by atoms with E-state index in [0.717, 1.165) is 12.8 Å². The summed E-state index contributed by atoms with van der Waals surface area (Å²) < 4.78 is 13.3. The van der Waals surface area contributed by atoms with E-state index in [1.165, 1.54) is 0 Å². The molecule has 1 aromatic rings. The minimum atomic E-state index is -0.434. The lowest BCUT2D eigenvalue weighted by molar-refractivity contribution is -0.0603. The molecule has 3 rings (SSSR count). The first-order valence-corrected chi connectivity index (χ1v) is 6.13. The maximum absolute atomic E-state index is 11.5. The topological polar surface area (TPSA) is 53.4 Å². The SMILES string of the molecule is Cc1cn2c(nc1=O)OC[C@]1(CCl)CC[C@H]2O1. The summed E-state index contributed by atoms with van der Waals surface area (Å²) in [7, 11) is 0. The average Bonchev–Trinajstić information content (AvgIpc) is 2.68. The van der Waals surface area contributed by atoms with Gasteiger partial charge in [0.05, 0.1) is 5.88 Å². The first kappa shape index (κ1) is 11.0. The van der Waals surface area contributed by atoms with E-state index in [4.69, 9.17) is 21.1 Å². The molecule has 0 N–H and O–H groups in total. The van der Waals surface area contributed by atoms with Crippen LogP contribution >= 0.6 is 11.6 Å². The van der Waals surface area contributed by atoms with Crippen LogP contribution in [0.3, 0.4) is 0 Å². The zero-order valence-electron chi connectivity index (χ0n) is 9.48. The fraction of sp³-hybridized carbons (Fsp3) is 0.636. The van der Waals surface area contributed by atoms with Crippen LogP contribution in [0.15, 0.2) is 11.0 Å². The lowest BCUT2D eigenvalue weighted by atomic mass is 10.0. The molecule has 6 heteroatoms. The van der Waals surface area contributed by atoms with Gasteiger partial charge in [-0.25, -0.2) is 0 Å². The number of hydrogen-bond acceptors (Lipinski definition) is 4. The smallest absolute Gasteiger partial charge is 0.301 e. The average molecular weight is 257 g/mol. The van der Waals surface area contributed by atoms with Gasteiger partial charge in [0.15, 0.2) is 0 Å². The van der Waals surface area contributed by atoms with Crippen molar-refractivity contribution in [3.63, 3.8) is 0 Å². The molecular weight excluding hydrogens is 244 g/mol. The number of aryl methyl sites for hydroxylation is 1. The molecule has 0 saturated carbocycles.